The van der Waals surface area contributed by atoms with Crippen molar-refractivity contribution in [1.82, 2.24) is 10.5 Å². The van der Waals surface area contributed by atoms with Crippen LogP contribution in [0.2, 0.25) is 0 Å². The minimum Gasteiger partial charge on any atom is -0.481 e. The summed E-state index contributed by atoms with van der Waals surface area (Å²) >= 11 is 0. The van der Waals surface area contributed by atoms with Gasteiger partial charge in [0, 0.05) is 17.5 Å². The molecule has 1 aromatic heterocycles. The van der Waals surface area contributed by atoms with Crippen LogP contribution in [0.1, 0.15) is 50.9 Å². The Balaban J connectivity index is 2.74. The first kappa shape index (κ1) is 15.2. The zero-order valence-corrected chi connectivity index (χ0v) is 11.9. The van der Waals surface area contributed by atoms with Gasteiger partial charge in [-0.25, -0.2) is 0 Å². The first-order valence-corrected chi connectivity index (χ1v) is 6.13. The maximum atomic E-state index is 11.9. The van der Waals surface area contributed by atoms with E-state index in [9.17, 15) is 9.59 Å². The van der Waals surface area contributed by atoms with Crippen molar-refractivity contribution in [1.29, 1.82) is 0 Å². The number of aromatic nitrogens is 1. The number of amides is 1. The topological polar surface area (TPSA) is 92.4 Å². The summed E-state index contributed by atoms with van der Waals surface area (Å²) in [5, 5.41) is 15.2. The molecule has 0 fully saturated rings. The standard InChI is InChI=1S/C13H20N2O4/c1-7(12(17)18)8(2)14-11(16)9-6-10(19-15-9)13(3,4)5/h6-8H,1-5H3,(H,14,16)(H,17,18). The van der Waals surface area contributed by atoms with E-state index in [0.717, 1.165) is 0 Å². The van der Waals surface area contributed by atoms with Gasteiger partial charge in [0.2, 0.25) is 0 Å². The summed E-state index contributed by atoms with van der Waals surface area (Å²) in [4.78, 5) is 22.7. The SMILES string of the molecule is CC(NC(=O)c1cc(C(C)(C)C)on1)C(C)C(=O)O. The zero-order chi connectivity index (χ0) is 14.8. The first-order valence-electron chi connectivity index (χ1n) is 6.13. The van der Waals surface area contributed by atoms with Crippen LogP contribution in [-0.4, -0.2) is 28.2 Å². The molecule has 0 aromatic carbocycles. The molecule has 6 nitrogen and oxygen atoms in total. The van der Waals surface area contributed by atoms with E-state index in [1.165, 1.54) is 6.92 Å². The monoisotopic (exact) mass is 268 g/mol. The molecule has 1 amide bonds. The lowest BCUT2D eigenvalue weighted by molar-refractivity contribution is -0.141. The highest BCUT2D eigenvalue weighted by atomic mass is 16.5. The molecule has 6 heteroatoms. The molecular weight excluding hydrogens is 248 g/mol. The van der Waals surface area contributed by atoms with Crippen LogP contribution in [0.5, 0.6) is 0 Å². The Morgan fingerprint density at radius 1 is 1.37 bits per heavy atom. The van der Waals surface area contributed by atoms with Gasteiger partial charge in [0.1, 0.15) is 5.76 Å². The molecule has 2 atom stereocenters. The number of carboxylic acid groups (broad SMARTS) is 1. The summed E-state index contributed by atoms with van der Waals surface area (Å²) in [6.45, 7) is 9.02. The lowest BCUT2D eigenvalue weighted by Crippen LogP contribution is -2.40. The van der Waals surface area contributed by atoms with Crippen LogP contribution in [0.3, 0.4) is 0 Å². The Morgan fingerprint density at radius 2 is 1.95 bits per heavy atom. The second-order valence-electron chi connectivity index (χ2n) is 5.72. The smallest absolute Gasteiger partial charge is 0.308 e. The fraction of sp³-hybridized carbons (Fsp3) is 0.615. The maximum absolute atomic E-state index is 11.9. The van der Waals surface area contributed by atoms with Crippen molar-refractivity contribution in [3.05, 3.63) is 17.5 Å². The average Bonchev–Trinajstić information content (AvgIpc) is 2.76. The summed E-state index contributed by atoms with van der Waals surface area (Å²) in [5.41, 5.74) is -0.0692. The van der Waals surface area contributed by atoms with E-state index in [-0.39, 0.29) is 11.1 Å². The van der Waals surface area contributed by atoms with Gasteiger partial charge in [-0.2, -0.15) is 0 Å². The van der Waals surface area contributed by atoms with Crippen molar-refractivity contribution < 1.29 is 19.2 Å². The van der Waals surface area contributed by atoms with Crippen LogP contribution in [-0.2, 0) is 10.2 Å². The van der Waals surface area contributed by atoms with E-state index in [1.54, 1.807) is 13.0 Å². The van der Waals surface area contributed by atoms with Crippen molar-refractivity contribution in [3.63, 3.8) is 0 Å². The molecule has 1 rings (SSSR count). The summed E-state index contributed by atoms with van der Waals surface area (Å²) in [5.74, 6) is -1.45. The molecule has 106 valence electrons. The Morgan fingerprint density at radius 3 is 2.37 bits per heavy atom. The molecule has 2 unspecified atom stereocenters. The summed E-state index contributed by atoms with van der Waals surface area (Å²) in [7, 11) is 0. The molecule has 0 radical (unpaired) electrons. The molecule has 2 N–H and O–H groups in total. The number of hydrogen-bond donors (Lipinski definition) is 2. The number of rotatable bonds is 4. The van der Waals surface area contributed by atoms with Gasteiger partial charge in [0.05, 0.1) is 5.92 Å². The molecule has 1 aromatic rings. The third-order valence-electron chi connectivity index (χ3n) is 2.98. The van der Waals surface area contributed by atoms with Crippen molar-refractivity contribution in [2.75, 3.05) is 0 Å². The van der Waals surface area contributed by atoms with Crippen molar-refractivity contribution in [2.24, 2.45) is 5.92 Å². The molecule has 0 saturated heterocycles. The van der Waals surface area contributed by atoms with Crippen LogP contribution in [0.25, 0.3) is 0 Å². The average molecular weight is 268 g/mol. The minimum atomic E-state index is -0.955. The second-order valence-corrected chi connectivity index (χ2v) is 5.72. The molecular formula is C13H20N2O4. The molecule has 19 heavy (non-hydrogen) atoms. The predicted octanol–water partition coefficient (Wildman–Crippen LogP) is 1.81. The fourth-order valence-corrected chi connectivity index (χ4v) is 1.36. The number of nitrogens with zero attached hydrogens (tertiary/aromatic N) is 1. The van der Waals surface area contributed by atoms with Gasteiger partial charge in [0.25, 0.3) is 5.91 Å². The van der Waals surface area contributed by atoms with E-state index in [1.807, 2.05) is 20.8 Å². The summed E-state index contributed by atoms with van der Waals surface area (Å²) < 4.78 is 5.11. The van der Waals surface area contributed by atoms with Gasteiger partial charge in [-0.15, -0.1) is 0 Å². The van der Waals surface area contributed by atoms with Crippen LogP contribution < -0.4 is 5.32 Å². The highest BCUT2D eigenvalue weighted by molar-refractivity contribution is 5.92. The molecule has 0 saturated carbocycles. The van der Waals surface area contributed by atoms with Gasteiger partial charge in [-0.3, -0.25) is 9.59 Å². The summed E-state index contributed by atoms with van der Waals surface area (Å²) in [6.07, 6.45) is 0. The maximum Gasteiger partial charge on any atom is 0.308 e. The second kappa shape index (κ2) is 5.42. The van der Waals surface area contributed by atoms with E-state index in [4.69, 9.17) is 9.63 Å². The van der Waals surface area contributed by atoms with Crippen LogP contribution in [0.4, 0.5) is 0 Å². The van der Waals surface area contributed by atoms with Crippen molar-refractivity contribution >= 4 is 11.9 Å². The summed E-state index contributed by atoms with van der Waals surface area (Å²) in [6, 6.07) is 1.09. The molecule has 0 aliphatic heterocycles. The van der Waals surface area contributed by atoms with Gasteiger partial charge in [-0.05, 0) is 13.8 Å². The van der Waals surface area contributed by atoms with E-state index >= 15 is 0 Å². The lowest BCUT2D eigenvalue weighted by atomic mass is 9.93. The molecule has 1 heterocycles. The molecule has 0 bridgehead atoms. The third kappa shape index (κ3) is 3.81. The highest BCUT2D eigenvalue weighted by Crippen LogP contribution is 2.22. The Bertz CT molecular complexity index is 473. The number of hydrogen-bond acceptors (Lipinski definition) is 4. The van der Waals surface area contributed by atoms with E-state index < -0.39 is 23.8 Å². The quantitative estimate of drug-likeness (QED) is 0.868. The van der Waals surface area contributed by atoms with Gasteiger partial charge >= 0.3 is 5.97 Å². The molecule has 0 aliphatic rings. The predicted molar refractivity (Wildman–Crippen MR) is 68.9 cm³/mol. The molecule has 0 spiro atoms. The normalized spacial score (nSPS) is 14.8. The largest absolute Gasteiger partial charge is 0.481 e. The fourth-order valence-electron chi connectivity index (χ4n) is 1.36. The van der Waals surface area contributed by atoms with E-state index in [2.05, 4.69) is 10.5 Å². The van der Waals surface area contributed by atoms with Gasteiger partial charge < -0.3 is 14.9 Å². The lowest BCUT2D eigenvalue weighted by Gasteiger charge is -2.16. The Kier molecular flexibility index (Phi) is 4.34. The number of carboxylic acids is 1. The van der Waals surface area contributed by atoms with Crippen molar-refractivity contribution in [2.45, 2.75) is 46.1 Å². The first-order chi connectivity index (χ1) is 8.62. The van der Waals surface area contributed by atoms with Crippen LogP contribution in [0, 0.1) is 5.92 Å². The van der Waals surface area contributed by atoms with Gasteiger partial charge in [0.15, 0.2) is 5.69 Å². The Hall–Kier alpha value is -1.85. The Labute approximate surface area is 112 Å². The highest BCUT2D eigenvalue weighted by Gasteiger charge is 2.25. The van der Waals surface area contributed by atoms with Crippen molar-refractivity contribution in [3.8, 4) is 0 Å². The number of carbonyl (C=O) groups is 2. The third-order valence-corrected chi connectivity index (χ3v) is 2.98. The van der Waals surface area contributed by atoms with E-state index in [0.29, 0.717) is 5.76 Å². The van der Waals surface area contributed by atoms with Crippen LogP contribution in [0.15, 0.2) is 10.6 Å². The van der Waals surface area contributed by atoms with Gasteiger partial charge in [-0.1, -0.05) is 25.9 Å². The number of aliphatic carboxylic acids is 1. The molecule has 0 aliphatic carbocycles. The zero-order valence-electron chi connectivity index (χ0n) is 11.9. The minimum absolute atomic E-state index is 0.161. The van der Waals surface area contributed by atoms with Crippen LogP contribution >= 0.6 is 0 Å². The number of nitrogens with one attached hydrogen (secondary N) is 1. The number of carbonyl (C=O) groups excluding carboxylic acids is 1.